The van der Waals surface area contributed by atoms with Crippen molar-refractivity contribution in [3.63, 3.8) is 0 Å². The zero-order chi connectivity index (χ0) is 19.3. The van der Waals surface area contributed by atoms with Crippen molar-refractivity contribution >= 4 is 17.4 Å². The van der Waals surface area contributed by atoms with Gasteiger partial charge in [0.15, 0.2) is 5.69 Å². The predicted molar refractivity (Wildman–Crippen MR) is 101 cm³/mol. The molecule has 0 radical (unpaired) electrons. The first-order valence-corrected chi connectivity index (χ1v) is 9.35. The molecule has 146 valence electrons. The summed E-state index contributed by atoms with van der Waals surface area (Å²) >= 11 is 0. The molecule has 8 nitrogen and oxygen atoms in total. The van der Waals surface area contributed by atoms with Crippen LogP contribution >= 0.6 is 0 Å². The first kappa shape index (κ1) is 20.2. The van der Waals surface area contributed by atoms with Crippen molar-refractivity contribution in [3.8, 4) is 0 Å². The summed E-state index contributed by atoms with van der Waals surface area (Å²) in [5.41, 5.74) is 4.98. The average molecular weight is 366 g/mol. The lowest BCUT2D eigenvalue weighted by atomic mass is 10.2. The first-order chi connectivity index (χ1) is 12.3. The number of hydrogen-bond donors (Lipinski definition) is 2. The van der Waals surface area contributed by atoms with Crippen LogP contribution < -0.4 is 21.9 Å². The number of unbranched alkanes of at least 4 members (excludes halogenated alkanes) is 1. The molecule has 3 N–H and O–H groups in total. The summed E-state index contributed by atoms with van der Waals surface area (Å²) in [5.74, 6) is 0.425. The Morgan fingerprint density at radius 2 is 2.08 bits per heavy atom. The van der Waals surface area contributed by atoms with Crippen LogP contribution in [0.5, 0.6) is 0 Å². The van der Waals surface area contributed by atoms with E-state index in [4.69, 9.17) is 10.5 Å². The highest BCUT2D eigenvalue weighted by atomic mass is 16.5. The summed E-state index contributed by atoms with van der Waals surface area (Å²) in [6, 6.07) is 0. The molecule has 0 aliphatic heterocycles. The molecule has 0 atom stereocenters. The van der Waals surface area contributed by atoms with Crippen LogP contribution in [0.4, 0.5) is 11.5 Å². The van der Waals surface area contributed by atoms with Crippen LogP contribution in [0.1, 0.15) is 46.5 Å². The van der Waals surface area contributed by atoms with Gasteiger partial charge in [0.2, 0.25) is 0 Å². The van der Waals surface area contributed by atoms with Gasteiger partial charge in [-0.1, -0.05) is 27.2 Å². The van der Waals surface area contributed by atoms with E-state index >= 15 is 0 Å². The van der Waals surface area contributed by atoms with E-state index in [1.807, 2.05) is 20.8 Å². The van der Waals surface area contributed by atoms with Gasteiger partial charge < -0.3 is 15.4 Å². The minimum atomic E-state index is -0.640. The number of aromatic nitrogens is 2. The van der Waals surface area contributed by atoms with Gasteiger partial charge >= 0.3 is 5.69 Å². The molecule has 0 aromatic carbocycles. The summed E-state index contributed by atoms with van der Waals surface area (Å²) in [6.07, 6.45) is 3.85. The molecule has 1 heterocycles. The van der Waals surface area contributed by atoms with E-state index in [-0.39, 0.29) is 29.9 Å². The normalized spacial score (nSPS) is 14.0. The van der Waals surface area contributed by atoms with Crippen LogP contribution in [0.25, 0.3) is 0 Å². The number of carbonyl (C=O) groups is 1. The molecule has 1 fully saturated rings. The topological polar surface area (TPSA) is 110 Å². The number of aromatic amines is 1. The number of ether oxygens (including phenoxy) is 1. The van der Waals surface area contributed by atoms with Crippen molar-refractivity contribution in [1.82, 2.24) is 9.55 Å². The second kappa shape index (κ2) is 9.02. The number of rotatable bonds is 10. The number of carbonyl (C=O) groups excluding carboxylic acids is 1. The zero-order valence-corrected chi connectivity index (χ0v) is 15.9. The highest BCUT2D eigenvalue weighted by Crippen LogP contribution is 2.28. The van der Waals surface area contributed by atoms with Crippen LogP contribution in [-0.2, 0) is 16.1 Å². The molecule has 26 heavy (non-hydrogen) atoms. The lowest BCUT2D eigenvalue weighted by molar-refractivity contribution is -0.123. The highest BCUT2D eigenvalue weighted by molar-refractivity contribution is 5.96. The van der Waals surface area contributed by atoms with Gasteiger partial charge in [-0.25, -0.2) is 4.79 Å². The Morgan fingerprint density at radius 1 is 1.38 bits per heavy atom. The fraction of sp³-hybridized carbons (Fsp3) is 0.722. The Balaban J connectivity index is 2.31. The van der Waals surface area contributed by atoms with E-state index in [0.717, 1.165) is 25.7 Å². The number of amides is 1. The lowest BCUT2D eigenvalue weighted by Gasteiger charge is -2.24. The predicted octanol–water partition coefficient (Wildman–Crippen LogP) is 1.33. The van der Waals surface area contributed by atoms with Crippen molar-refractivity contribution in [1.29, 1.82) is 0 Å². The zero-order valence-electron chi connectivity index (χ0n) is 15.9. The maximum absolute atomic E-state index is 12.7. The molecule has 1 saturated carbocycles. The molecule has 1 aromatic rings. The summed E-state index contributed by atoms with van der Waals surface area (Å²) in [6.45, 7) is 7.08. The van der Waals surface area contributed by atoms with Gasteiger partial charge in [-0.05, 0) is 31.1 Å². The largest absolute Gasteiger partial charge is 0.383 e. The number of nitrogens with zero attached hydrogens (tertiary/aromatic N) is 2. The van der Waals surface area contributed by atoms with Gasteiger partial charge in [0, 0.05) is 13.1 Å². The van der Waals surface area contributed by atoms with Gasteiger partial charge in [-0.2, -0.15) is 0 Å². The summed E-state index contributed by atoms with van der Waals surface area (Å²) < 4.78 is 6.81. The van der Waals surface area contributed by atoms with Crippen LogP contribution in [-0.4, -0.2) is 35.2 Å². The maximum Gasteiger partial charge on any atom is 0.330 e. The number of H-pyrrole nitrogens is 1. The Kier molecular flexibility index (Phi) is 7.02. The molecule has 2 rings (SSSR count). The monoisotopic (exact) mass is 366 g/mol. The van der Waals surface area contributed by atoms with Gasteiger partial charge in [0.05, 0.1) is 6.61 Å². The molecular weight excluding hydrogens is 336 g/mol. The average Bonchev–Trinajstić information content (AvgIpc) is 3.38. The number of nitrogens with one attached hydrogen (secondary N) is 1. The third kappa shape index (κ3) is 5.20. The second-order valence-corrected chi connectivity index (χ2v) is 7.36. The smallest absolute Gasteiger partial charge is 0.330 e. The van der Waals surface area contributed by atoms with E-state index in [1.165, 1.54) is 9.47 Å². The van der Waals surface area contributed by atoms with Crippen LogP contribution in [0.2, 0.25) is 0 Å². The van der Waals surface area contributed by atoms with E-state index < -0.39 is 11.2 Å². The van der Waals surface area contributed by atoms with Crippen molar-refractivity contribution in [2.24, 2.45) is 11.8 Å². The van der Waals surface area contributed by atoms with E-state index in [9.17, 15) is 14.4 Å². The number of anilines is 2. The molecule has 1 aliphatic rings. The quantitative estimate of drug-likeness (QED) is 0.649. The minimum absolute atomic E-state index is 0.0269. The molecule has 1 aliphatic carbocycles. The SMILES string of the molecule is CCCCN(C(=O)COCC1CC1)c1c(N)n(CC(C)C)c(=O)[nH]c1=O. The van der Waals surface area contributed by atoms with E-state index in [0.29, 0.717) is 25.6 Å². The molecule has 0 bridgehead atoms. The minimum Gasteiger partial charge on any atom is -0.383 e. The van der Waals surface area contributed by atoms with E-state index in [2.05, 4.69) is 4.98 Å². The van der Waals surface area contributed by atoms with Gasteiger partial charge in [0.1, 0.15) is 12.4 Å². The Labute approximate surface area is 153 Å². The van der Waals surface area contributed by atoms with Crippen molar-refractivity contribution in [2.45, 2.75) is 53.0 Å². The Hall–Kier alpha value is -2.09. The first-order valence-electron chi connectivity index (χ1n) is 9.35. The maximum atomic E-state index is 12.7. The van der Waals surface area contributed by atoms with Crippen LogP contribution in [0.3, 0.4) is 0 Å². The van der Waals surface area contributed by atoms with E-state index in [1.54, 1.807) is 0 Å². The molecule has 1 aromatic heterocycles. The van der Waals surface area contributed by atoms with Gasteiger partial charge in [-0.3, -0.25) is 19.1 Å². The molecule has 1 amide bonds. The molecule has 0 saturated heterocycles. The summed E-state index contributed by atoms with van der Waals surface area (Å²) in [5, 5.41) is 0. The van der Waals surface area contributed by atoms with Gasteiger partial charge in [0.25, 0.3) is 11.5 Å². The Morgan fingerprint density at radius 3 is 2.65 bits per heavy atom. The fourth-order valence-corrected chi connectivity index (χ4v) is 2.74. The lowest BCUT2D eigenvalue weighted by Crippen LogP contribution is -2.43. The summed E-state index contributed by atoms with van der Waals surface area (Å²) in [7, 11) is 0. The van der Waals surface area contributed by atoms with Crippen molar-refractivity contribution in [3.05, 3.63) is 20.8 Å². The molecule has 0 spiro atoms. The standard InChI is InChI=1S/C18H30N4O4/c1-4-5-8-21(14(23)11-26-10-13-6-7-13)15-16(19)22(9-12(2)3)18(25)20-17(15)24/h12-13H,4-11,19H2,1-3H3,(H,20,24,25). The summed E-state index contributed by atoms with van der Waals surface area (Å²) in [4.78, 5) is 40.9. The highest BCUT2D eigenvalue weighted by Gasteiger charge is 2.26. The molecule has 0 unspecified atom stereocenters. The Bertz CT molecular complexity index is 734. The molecular formula is C18H30N4O4. The number of hydrogen-bond acceptors (Lipinski definition) is 5. The molecule has 8 heteroatoms. The second-order valence-electron chi connectivity index (χ2n) is 7.36. The van der Waals surface area contributed by atoms with Crippen molar-refractivity contribution in [2.75, 3.05) is 30.4 Å². The number of nitrogen functional groups attached to an aromatic ring is 1. The fourth-order valence-electron chi connectivity index (χ4n) is 2.74. The third-order valence-corrected chi connectivity index (χ3v) is 4.34. The number of nitrogens with two attached hydrogens (primary N) is 1. The van der Waals surface area contributed by atoms with Crippen molar-refractivity contribution < 1.29 is 9.53 Å². The van der Waals surface area contributed by atoms with Gasteiger partial charge in [-0.15, -0.1) is 0 Å². The third-order valence-electron chi connectivity index (χ3n) is 4.34. The van der Waals surface area contributed by atoms with Crippen LogP contribution in [0.15, 0.2) is 9.59 Å². The van der Waals surface area contributed by atoms with Crippen LogP contribution in [0, 0.1) is 11.8 Å².